The number of carbonyl (C=O) groups excluding carboxylic acids is 2. The number of ether oxygens (including phenoxy) is 4. The molecule has 368 valence electrons. The molecule has 5 aliphatic rings. The van der Waals surface area contributed by atoms with Crippen molar-refractivity contribution in [1.82, 2.24) is 15.1 Å². The number of hydrogen-bond donors (Lipinski definition) is 3. The lowest BCUT2D eigenvalue weighted by atomic mass is 9.73. The number of aliphatic carboxylic acids is 1. The number of aromatic nitrogens is 1. The van der Waals surface area contributed by atoms with Crippen LogP contribution >= 0.6 is 23.2 Å². The summed E-state index contributed by atoms with van der Waals surface area (Å²) in [5, 5.41) is 24.7. The summed E-state index contributed by atoms with van der Waals surface area (Å²) in [5.74, 6) is -1.63. The molecule has 1 saturated carbocycles. The molecule has 1 aromatic heterocycles. The number of alkyl carbamates (subject to hydrolysis) is 1. The zero-order valence-corrected chi connectivity index (χ0v) is 39.9. The number of halogens is 4. The van der Waals surface area contributed by atoms with Crippen molar-refractivity contribution < 1.29 is 57.2 Å². The third-order valence-corrected chi connectivity index (χ3v) is 14.9. The van der Waals surface area contributed by atoms with E-state index in [0.717, 1.165) is 61.2 Å². The van der Waals surface area contributed by atoms with E-state index in [1.165, 1.54) is 18.5 Å². The summed E-state index contributed by atoms with van der Waals surface area (Å²) in [4.78, 5) is 45.1. The minimum absolute atomic E-state index is 0.0249. The van der Waals surface area contributed by atoms with Crippen LogP contribution < -0.4 is 24.3 Å². The number of pyridine rings is 1. The smallest absolute Gasteiger partial charge is 0.408 e. The second kappa shape index (κ2) is 21.6. The van der Waals surface area contributed by atoms with E-state index < -0.39 is 42.1 Å². The summed E-state index contributed by atoms with van der Waals surface area (Å²) in [7, 11) is 0. The van der Waals surface area contributed by atoms with Crippen molar-refractivity contribution in [2.24, 2.45) is 11.8 Å². The number of esters is 1. The highest BCUT2D eigenvalue weighted by Gasteiger charge is 2.54. The molecular weight excluding hydrogens is 946 g/mol. The van der Waals surface area contributed by atoms with Gasteiger partial charge in [-0.05, 0) is 141 Å². The van der Waals surface area contributed by atoms with Crippen LogP contribution in [0.2, 0.25) is 10.0 Å². The number of amides is 1. The molecule has 10 rings (SSSR count). The van der Waals surface area contributed by atoms with Crippen molar-refractivity contribution in [3.8, 4) is 17.2 Å². The van der Waals surface area contributed by atoms with Crippen LogP contribution in [0.5, 0.6) is 17.2 Å². The molecule has 1 aliphatic carbocycles. The molecule has 70 heavy (non-hydrogen) atoms. The Bertz CT molecular complexity index is 2650. The lowest BCUT2D eigenvalue weighted by Crippen LogP contribution is -2.56. The van der Waals surface area contributed by atoms with Gasteiger partial charge in [0, 0.05) is 29.3 Å². The second-order valence-electron chi connectivity index (χ2n) is 18.7. The van der Waals surface area contributed by atoms with Gasteiger partial charge in [0.25, 0.3) is 0 Å². The molecule has 0 unspecified atom stereocenters. The molecular formula is C53H55Cl2F2N4O9+. The molecule has 5 heterocycles. The first-order valence-corrected chi connectivity index (χ1v) is 24.5. The number of alkyl halides is 2. The first-order chi connectivity index (χ1) is 33.8. The van der Waals surface area contributed by atoms with Gasteiger partial charge in [-0.25, -0.2) is 9.59 Å². The lowest BCUT2D eigenvalue weighted by molar-refractivity contribution is -0.904. The van der Waals surface area contributed by atoms with Crippen molar-refractivity contribution in [3.63, 3.8) is 0 Å². The summed E-state index contributed by atoms with van der Waals surface area (Å²) >= 11 is 13.3. The molecule has 1 amide bonds. The first-order valence-electron chi connectivity index (χ1n) is 23.8. The zero-order chi connectivity index (χ0) is 48.9. The fraction of sp³-hybridized carbons (Fsp3) is 0.396. The highest BCUT2D eigenvalue weighted by atomic mass is 35.5. The number of likely N-dealkylation sites (tertiary alicyclic amines) is 1. The molecule has 0 spiro atoms. The standard InChI is InChI=1S/C53H54Cl2F2N4O9/c54-43-29-61(66)30-44(55)41(43)28-42(37-14-17-45(69-51(56)57)46(27-37)67-32-34-10-11-34)53(50(63)64)21-5-22-60(53)25-18-33-12-15-40(16-13-33)68-49(62)39-9-4-8-38(26-39)48(36-6-2-1-3-7-36)58-52(65)70-47-31-59-23-19-35(47)20-24-59/h1-4,6-9,12-17,26-27,29-30,34-35,42,47-48,51H,5,10-11,18-25,28,31-32H2,(H2-,58,63,64,65,66)/p+1/t42-,47-,48-,53-/m0/s1. The topological polar surface area (TPSA) is 151 Å². The highest BCUT2D eigenvalue weighted by Crippen LogP contribution is 2.47. The van der Waals surface area contributed by atoms with Gasteiger partial charge in [-0.3, -0.25) is 19.8 Å². The third kappa shape index (κ3) is 11.3. The summed E-state index contributed by atoms with van der Waals surface area (Å²) in [6.07, 6.45) is 7.05. The number of carboxylic acids is 1. The monoisotopic (exact) mass is 999 g/mol. The molecule has 13 nitrogen and oxygen atoms in total. The van der Waals surface area contributed by atoms with Gasteiger partial charge >= 0.3 is 24.6 Å². The third-order valence-electron chi connectivity index (χ3n) is 14.2. The Morgan fingerprint density at radius 2 is 1.57 bits per heavy atom. The molecule has 4 aromatic carbocycles. The Kier molecular flexibility index (Phi) is 15.1. The van der Waals surface area contributed by atoms with E-state index in [9.17, 15) is 33.5 Å². The molecule has 4 atom stereocenters. The summed E-state index contributed by atoms with van der Waals surface area (Å²) in [6, 6.07) is 27.4. The maximum atomic E-state index is 13.9. The van der Waals surface area contributed by atoms with E-state index in [2.05, 4.69) is 10.2 Å². The van der Waals surface area contributed by atoms with Gasteiger partial charge in [0.15, 0.2) is 11.5 Å². The van der Waals surface area contributed by atoms with Crippen LogP contribution in [0.1, 0.15) is 88.7 Å². The average Bonchev–Trinajstić information content (AvgIpc) is 4.09. The number of carbonyl (C=O) groups is 3. The highest BCUT2D eigenvalue weighted by molar-refractivity contribution is 6.35. The summed E-state index contributed by atoms with van der Waals surface area (Å²) in [5.41, 5.74) is 2.04. The summed E-state index contributed by atoms with van der Waals surface area (Å²) in [6.45, 7) is 0.754. The van der Waals surface area contributed by atoms with Gasteiger partial charge in [-0.1, -0.05) is 83.9 Å². The second-order valence-corrected chi connectivity index (χ2v) is 19.5. The van der Waals surface area contributed by atoms with Crippen LogP contribution in [0.3, 0.4) is 0 Å². The van der Waals surface area contributed by atoms with Crippen LogP contribution in [-0.2, 0) is 22.4 Å². The first kappa shape index (κ1) is 49.0. The number of fused-ring (bicyclic) bond motifs is 3. The largest absolute Gasteiger partial charge is 0.489 e. The normalized spacial score (nSPS) is 21.8. The van der Waals surface area contributed by atoms with E-state index >= 15 is 0 Å². The molecule has 4 saturated heterocycles. The van der Waals surface area contributed by atoms with Crippen LogP contribution in [0.15, 0.2) is 109 Å². The number of benzene rings is 4. The minimum atomic E-state index is -3.11. The predicted molar refractivity (Wildman–Crippen MR) is 255 cm³/mol. The minimum Gasteiger partial charge on any atom is -0.489 e. The van der Waals surface area contributed by atoms with Crippen molar-refractivity contribution in [2.75, 3.05) is 39.3 Å². The molecule has 5 fully saturated rings. The van der Waals surface area contributed by atoms with E-state index in [0.29, 0.717) is 66.8 Å². The van der Waals surface area contributed by atoms with Crippen LogP contribution in [0.4, 0.5) is 13.6 Å². The van der Waals surface area contributed by atoms with Gasteiger partial charge in [0.2, 0.25) is 12.4 Å². The van der Waals surface area contributed by atoms with Crippen LogP contribution in [0, 0.1) is 11.8 Å². The predicted octanol–water partition coefficient (Wildman–Crippen LogP) is 9.53. The fourth-order valence-electron chi connectivity index (χ4n) is 10.4. The average molecular weight is 1000 g/mol. The summed E-state index contributed by atoms with van der Waals surface area (Å²) < 4.78 is 50.5. The Hall–Kier alpha value is -6.00. The molecule has 17 heteroatoms. The molecule has 2 bridgehead atoms. The van der Waals surface area contributed by atoms with Crippen molar-refractivity contribution in [1.29, 1.82) is 0 Å². The number of piperidine rings is 3. The van der Waals surface area contributed by atoms with Gasteiger partial charge in [0.05, 0.1) is 18.2 Å². The molecule has 4 aliphatic heterocycles. The van der Waals surface area contributed by atoms with Crippen molar-refractivity contribution in [2.45, 2.75) is 81.6 Å². The number of nitrogens with zero attached hydrogens (tertiary/aromatic N) is 3. The Morgan fingerprint density at radius 3 is 2.24 bits per heavy atom. The van der Waals surface area contributed by atoms with Crippen LogP contribution in [-0.4, -0.2) is 95.7 Å². The van der Waals surface area contributed by atoms with Crippen LogP contribution in [0.25, 0.3) is 0 Å². The Morgan fingerprint density at radius 1 is 0.843 bits per heavy atom. The maximum Gasteiger partial charge on any atom is 0.408 e. The van der Waals surface area contributed by atoms with Crippen molar-refractivity contribution in [3.05, 3.63) is 153 Å². The fourth-order valence-corrected chi connectivity index (χ4v) is 11.0. The van der Waals surface area contributed by atoms with E-state index in [1.54, 1.807) is 42.5 Å². The van der Waals surface area contributed by atoms with Gasteiger partial charge < -0.3 is 29.4 Å². The molecule has 5 aromatic rings. The number of hydrogen-bond acceptors (Lipinski definition) is 10. The Labute approximate surface area is 414 Å². The van der Waals surface area contributed by atoms with Gasteiger partial charge in [-0.15, -0.1) is 0 Å². The van der Waals surface area contributed by atoms with Gasteiger partial charge in [-0.2, -0.15) is 8.78 Å². The molecule has 3 N–H and O–H groups in total. The number of carboxylic acid groups (broad SMARTS) is 1. The quantitative estimate of drug-likeness (QED) is 0.0314. The van der Waals surface area contributed by atoms with Crippen molar-refractivity contribution >= 4 is 41.2 Å². The number of nitrogens with one attached hydrogen (secondary N) is 1. The van der Waals surface area contributed by atoms with E-state index in [4.69, 9.17) is 42.1 Å². The van der Waals surface area contributed by atoms with E-state index in [1.807, 2.05) is 53.4 Å². The SMILES string of the molecule is O=C(N[C@@H](c1ccccc1)c1cccc(C(=O)Oc2ccc(CCN3CCC[C@@]3(C(=O)O)[C@@H](Cc3c(Cl)c[n+](O)cc3Cl)c3ccc(OC(F)F)c(OCC4CC4)c3)cc2)c1)O[C@H]1CN2CCC1CC2. The Balaban J connectivity index is 0.907. The van der Waals surface area contributed by atoms with E-state index in [-0.39, 0.29) is 46.1 Å². The number of rotatable bonds is 19. The zero-order valence-electron chi connectivity index (χ0n) is 38.4. The molecule has 0 radical (unpaired) electrons. The maximum absolute atomic E-state index is 13.9. The van der Waals surface area contributed by atoms with Gasteiger partial charge in [0.1, 0.15) is 27.4 Å². The lowest BCUT2D eigenvalue weighted by Gasteiger charge is -2.43.